The first kappa shape index (κ1) is 18.8. The Morgan fingerprint density at radius 3 is 2.48 bits per heavy atom. The highest BCUT2D eigenvalue weighted by atomic mass is 16.5. The van der Waals surface area contributed by atoms with Gasteiger partial charge in [0.05, 0.1) is 29.5 Å². The molecule has 0 radical (unpaired) electrons. The van der Waals surface area contributed by atoms with E-state index in [0.717, 1.165) is 0 Å². The molecule has 148 valence electrons. The van der Waals surface area contributed by atoms with Crippen molar-refractivity contribution in [1.29, 1.82) is 0 Å². The van der Waals surface area contributed by atoms with Crippen LogP contribution >= 0.6 is 0 Å². The second kappa shape index (κ2) is 6.49. The van der Waals surface area contributed by atoms with Crippen molar-refractivity contribution in [3.8, 4) is 11.5 Å². The number of anilines is 1. The molecule has 0 amide bonds. The number of nitrogen functional groups attached to an aromatic ring is 1. The number of ether oxygens (including phenoxy) is 2. The van der Waals surface area contributed by atoms with E-state index in [9.17, 15) is 19.8 Å². The molecule has 0 saturated heterocycles. The summed E-state index contributed by atoms with van der Waals surface area (Å²) in [4.78, 5) is 26.2. The summed E-state index contributed by atoms with van der Waals surface area (Å²) in [5.74, 6) is -1.38. The molecule has 0 saturated carbocycles. The predicted molar refractivity (Wildman–Crippen MR) is 105 cm³/mol. The number of carbonyl (C=O) groups excluding carboxylic acids is 2. The largest absolute Gasteiger partial charge is 0.507 e. The molecule has 7 heteroatoms. The van der Waals surface area contributed by atoms with Gasteiger partial charge in [0, 0.05) is 24.7 Å². The van der Waals surface area contributed by atoms with E-state index in [1.54, 1.807) is 12.2 Å². The molecule has 0 fully saturated rings. The van der Waals surface area contributed by atoms with Gasteiger partial charge in [0.1, 0.15) is 22.9 Å². The van der Waals surface area contributed by atoms with Gasteiger partial charge in [-0.25, -0.2) is 0 Å². The van der Waals surface area contributed by atoms with Crippen LogP contribution in [0.1, 0.15) is 43.8 Å². The first-order valence-corrected chi connectivity index (χ1v) is 8.90. The quantitative estimate of drug-likeness (QED) is 0.462. The highest BCUT2D eigenvalue weighted by molar-refractivity contribution is 6.32. The highest BCUT2D eigenvalue weighted by Crippen LogP contribution is 2.46. The Balaban J connectivity index is 2.00. The summed E-state index contributed by atoms with van der Waals surface area (Å²) in [5, 5.41) is 20.9. The van der Waals surface area contributed by atoms with Gasteiger partial charge in [-0.2, -0.15) is 0 Å². The molecule has 1 atom stereocenters. The lowest BCUT2D eigenvalue weighted by Gasteiger charge is -2.34. The smallest absolute Gasteiger partial charge is 0.200 e. The molecular formula is C22H19NO6. The molecule has 0 aliphatic heterocycles. The van der Waals surface area contributed by atoms with Gasteiger partial charge < -0.3 is 25.4 Å². The van der Waals surface area contributed by atoms with Gasteiger partial charge in [-0.15, -0.1) is 0 Å². The van der Waals surface area contributed by atoms with Crippen LogP contribution < -0.4 is 5.73 Å². The van der Waals surface area contributed by atoms with Crippen LogP contribution in [0.25, 0.3) is 0 Å². The summed E-state index contributed by atoms with van der Waals surface area (Å²) < 4.78 is 11.0. The van der Waals surface area contributed by atoms with Gasteiger partial charge in [-0.1, -0.05) is 18.2 Å². The molecule has 2 aromatic rings. The number of fused-ring (bicyclic) bond motifs is 2. The van der Waals surface area contributed by atoms with Crippen LogP contribution in [0.3, 0.4) is 0 Å². The van der Waals surface area contributed by atoms with Crippen LogP contribution in [-0.4, -0.2) is 36.0 Å². The lowest BCUT2D eigenvalue weighted by atomic mass is 9.77. The van der Waals surface area contributed by atoms with Crippen molar-refractivity contribution in [3.05, 3.63) is 76.1 Å². The van der Waals surface area contributed by atoms with Crippen molar-refractivity contribution in [3.63, 3.8) is 0 Å². The molecule has 0 heterocycles. The number of rotatable bonds is 3. The van der Waals surface area contributed by atoms with E-state index in [2.05, 4.69) is 0 Å². The van der Waals surface area contributed by atoms with E-state index in [-0.39, 0.29) is 39.4 Å². The maximum absolute atomic E-state index is 13.2. The first-order chi connectivity index (χ1) is 13.8. The van der Waals surface area contributed by atoms with Crippen LogP contribution in [0, 0.1) is 0 Å². The van der Waals surface area contributed by atoms with Crippen molar-refractivity contribution in [2.24, 2.45) is 0 Å². The number of aromatic hydroxyl groups is 2. The number of nitrogens with two attached hydrogens (primary N) is 1. The summed E-state index contributed by atoms with van der Waals surface area (Å²) in [7, 11) is 2.99. The van der Waals surface area contributed by atoms with Gasteiger partial charge in [0.2, 0.25) is 0 Å². The number of methoxy groups -OCH3 is 2. The molecule has 2 aliphatic carbocycles. The van der Waals surface area contributed by atoms with Crippen LogP contribution in [0.15, 0.2) is 48.3 Å². The number of benzene rings is 2. The molecule has 2 aliphatic rings. The molecule has 0 aromatic heterocycles. The average molecular weight is 393 g/mol. The summed E-state index contributed by atoms with van der Waals surface area (Å²) in [6, 6.07) is 5.56. The van der Waals surface area contributed by atoms with Crippen molar-refractivity contribution < 1.29 is 29.3 Å². The summed E-state index contributed by atoms with van der Waals surface area (Å²) in [5.41, 5.74) is 5.18. The molecule has 4 N–H and O–H groups in total. The number of hydrogen-bond donors (Lipinski definition) is 3. The van der Waals surface area contributed by atoms with Crippen molar-refractivity contribution in [1.82, 2.24) is 0 Å². The second-order valence-electron chi connectivity index (χ2n) is 6.92. The Labute approximate surface area is 166 Å². The lowest BCUT2D eigenvalue weighted by molar-refractivity contribution is 0.0271. The van der Waals surface area contributed by atoms with E-state index in [0.29, 0.717) is 17.7 Å². The fourth-order valence-corrected chi connectivity index (χ4v) is 3.98. The van der Waals surface area contributed by atoms with Crippen molar-refractivity contribution >= 4 is 17.3 Å². The third-order valence-electron chi connectivity index (χ3n) is 5.45. The fourth-order valence-electron chi connectivity index (χ4n) is 3.98. The van der Waals surface area contributed by atoms with Crippen molar-refractivity contribution in [2.75, 3.05) is 20.0 Å². The molecule has 0 bridgehead atoms. The molecule has 7 nitrogen and oxygen atoms in total. The minimum absolute atomic E-state index is 0.00825. The van der Waals surface area contributed by atoms with E-state index < -0.39 is 17.2 Å². The standard InChI is InChI=1S/C22H19NO6/c1-28-11-5-4-8-22(10-11,29-2)13-9-15(25)17-18(19(13)23)21(27)16-12(20(17)26)6-3-7-14(16)24/h3-7,9-10,24-25H,8,23H2,1-2H3. The predicted octanol–water partition coefficient (Wildman–Crippen LogP) is 2.79. The summed E-state index contributed by atoms with van der Waals surface area (Å²) >= 11 is 0. The van der Waals surface area contributed by atoms with Crippen LogP contribution in [0.5, 0.6) is 11.5 Å². The summed E-state index contributed by atoms with van der Waals surface area (Å²) in [6.45, 7) is 0. The van der Waals surface area contributed by atoms with Gasteiger partial charge >= 0.3 is 0 Å². The minimum Gasteiger partial charge on any atom is -0.507 e. The van der Waals surface area contributed by atoms with E-state index in [1.165, 1.54) is 38.5 Å². The Kier molecular flexibility index (Phi) is 4.20. The SMILES string of the molecule is COC1=CC(OC)(c2cc(O)c3c(c2N)C(=O)c2c(O)cccc2C3=O)CC=C1. The molecule has 2 aromatic carbocycles. The van der Waals surface area contributed by atoms with Crippen molar-refractivity contribution in [2.45, 2.75) is 12.0 Å². The number of allylic oxidation sites excluding steroid dienone is 1. The molecule has 4 rings (SSSR count). The zero-order valence-electron chi connectivity index (χ0n) is 15.9. The number of carbonyl (C=O) groups is 2. The average Bonchev–Trinajstić information content (AvgIpc) is 2.73. The van der Waals surface area contributed by atoms with E-state index >= 15 is 0 Å². The maximum atomic E-state index is 13.2. The zero-order chi connectivity index (χ0) is 20.9. The Bertz CT molecular complexity index is 1130. The Morgan fingerprint density at radius 2 is 1.79 bits per heavy atom. The van der Waals surface area contributed by atoms with Crippen LogP contribution in [0.4, 0.5) is 5.69 Å². The van der Waals surface area contributed by atoms with Gasteiger partial charge in [-0.3, -0.25) is 9.59 Å². The number of phenolic OH excluding ortho intramolecular Hbond substituents is 2. The second-order valence-corrected chi connectivity index (χ2v) is 6.92. The topological polar surface area (TPSA) is 119 Å². The molecule has 1 unspecified atom stereocenters. The first-order valence-electron chi connectivity index (χ1n) is 8.90. The van der Waals surface area contributed by atoms with Crippen LogP contribution in [-0.2, 0) is 15.1 Å². The van der Waals surface area contributed by atoms with Gasteiger partial charge in [0.15, 0.2) is 11.6 Å². The molecular weight excluding hydrogens is 374 g/mol. The Morgan fingerprint density at radius 1 is 1.03 bits per heavy atom. The third kappa shape index (κ3) is 2.55. The van der Waals surface area contributed by atoms with Crippen LogP contribution in [0.2, 0.25) is 0 Å². The third-order valence-corrected chi connectivity index (χ3v) is 5.45. The number of hydrogen-bond acceptors (Lipinski definition) is 7. The number of ketones is 2. The monoisotopic (exact) mass is 393 g/mol. The van der Waals surface area contributed by atoms with E-state index in [4.69, 9.17) is 15.2 Å². The van der Waals surface area contributed by atoms with Gasteiger partial charge in [0.25, 0.3) is 0 Å². The minimum atomic E-state index is -1.10. The molecule has 29 heavy (non-hydrogen) atoms. The number of phenols is 2. The fraction of sp³-hybridized carbons (Fsp3) is 0.182. The van der Waals surface area contributed by atoms with E-state index in [1.807, 2.05) is 6.08 Å². The summed E-state index contributed by atoms with van der Waals surface area (Å²) in [6.07, 6.45) is 5.68. The normalized spacial score (nSPS) is 20.1. The zero-order valence-corrected chi connectivity index (χ0v) is 15.9. The highest BCUT2D eigenvalue weighted by Gasteiger charge is 2.41. The lowest BCUT2D eigenvalue weighted by Crippen LogP contribution is -2.31. The molecule has 0 spiro atoms. The maximum Gasteiger partial charge on any atom is 0.200 e. The Hall–Kier alpha value is -3.58. The van der Waals surface area contributed by atoms with Gasteiger partial charge in [-0.05, 0) is 24.3 Å².